The fourth-order valence-corrected chi connectivity index (χ4v) is 1.84. The molecule has 86 valence electrons. The van der Waals surface area contributed by atoms with Crippen LogP contribution in [0.3, 0.4) is 0 Å². The van der Waals surface area contributed by atoms with E-state index in [0.29, 0.717) is 16.7 Å². The van der Waals surface area contributed by atoms with Crippen LogP contribution in [-0.4, -0.2) is 23.5 Å². The zero-order valence-electron chi connectivity index (χ0n) is 9.03. The summed E-state index contributed by atoms with van der Waals surface area (Å²) in [5.41, 5.74) is 0.539. The molecule has 1 N–H and O–H groups in total. The maximum Gasteiger partial charge on any atom is 0.337 e. The van der Waals surface area contributed by atoms with E-state index in [9.17, 15) is 9.59 Å². The zero-order valence-corrected chi connectivity index (χ0v) is 10.6. The molecule has 0 aliphatic carbocycles. The quantitative estimate of drug-likeness (QED) is 0.928. The molecular weight excluding hydrogens is 274 g/mol. The molecule has 1 aromatic carbocycles. The molecule has 1 rings (SSSR count). The molecule has 0 spiro atoms. The molecule has 5 heteroatoms. The number of rotatable bonds is 3. The second-order valence-corrected chi connectivity index (χ2v) is 4.15. The van der Waals surface area contributed by atoms with Crippen molar-refractivity contribution in [2.45, 2.75) is 13.8 Å². The highest BCUT2D eigenvalue weighted by atomic mass is 79.9. The van der Waals surface area contributed by atoms with Gasteiger partial charge in [-0.15, -0.1) is 0 Å². The summed E-state index contributed by atoms with van der Waals surface area (Å²) in [6.07, 6.45) is 0. The standard InChI is InChI=1S/C11H12BrNO3/c1-3-13(7(2)14)10-5-4-8(12)6-9(10)11(15)16/h4-6H,3H2,1-2H3,(H,15,16). The van der Waals surface area contributed by atoms with Crippen LogP contribution in [-0.2, 0) is 4.79 Å². The lowest BCUT2D eigenvalue weighted by Crippen LogP contribution is -2.29. The van der Waals surface area contributed by atoms with Crippen molar-refractivity contribution < 1.29 is 14.7 Å². The first-order valence-corrected chi connectivity index (χ1v) is 5.57. The van der Waals surface area contributed by atoms with Crippen LogP contribution >= 0.6 is 15.9 Å². The molecule has 0 saturated carbocycles. The van der Waals surface area contributed by atoms with Gasteiger partial charge in [0.25, 0.3) is 0 Å². The molecule has 0 fully saturated rings. The van der Waals surface area contributed by atoms with E-state index in [4.69, 9.17) is 5.11 Å². The Morgan fingerprint density at radius 2 is 2.06 bits per heavy atom. The Labute approximate surface area is 102 Å². The topological polar surface area (TPSA) is 57.6 Å². The lowest BCUT2D eigenvalue weighted by Gasteiger charge is -2.21. The molecule has 0 radical (unpaired) electrons. The molecule has 0 atom stereocenters. The van der Waals surface area contributed by atoms with Crippen molar-refractivity contribution in [3.63, 3.8) is 0 Å². The molecular formula is C11H12BrNO3. The number of carboxylic acid groups (broad SMARTS) is 1. The first kappa shape index (κ1) is 12.7. The predicted octanol–water partition coefficient (Wildman–Crippen LogP) is 2.52. The molecule has 4 nitrogen and oxygen atoms in total. The number of hydrogen-bond acceptors (Lipinski definition) is 2. The number of carboxylic acids is 1. The third-order valence-electron chi connectivity index (χ3n) is 2.18. The fourth-order valence-electron chi connectivity index (χ4n) is 1.48. The predicted molar refractivity (Wildman–Crippen MR) is 64.8 cm³/mol. The smallest absolute Gasteiger partial charge is 0.337 e. The Morgan fingerprint density at radius 1 is 1.44 bits per heavy atom. The number of amides is 1. The number of hydrogen-bond donors (Lipinski definition) is 1. The van der Waals surface area contributed by atoms with E-state index in [-0.39, 0.29) is 11.5 Å². The first-order chi connectivity index (χ1) is 7.47. The minimum atomic E-state index is -1.05. The highest BCUT2D eigenvalue weighted by Gasteiger charge is 2.17. The van der Waals surface area contributed by atoms with Gasteiger partial charge in [0.05, 0.1) is 11.3 Å². The molecule has 0 bridgehead atoms. The third-order valence-corrected chi connectivity index (χ3v) is 2.67. The van der Waals surface area contributed by atoms with Gasteiger partial charge in [-0.1, -0.05) is 15.9 Å². The lowest BCUT2D eigenvalue weighted by atomic mass is 10.1. The summed E-state index contributed by atoms with van der Waals surface area (Å²) < 4.78 is 0.674. The highest BCUT2D eigenvalue weighted by molar-refractivity contribution is 9.10. The number of aromatic carboxylic acids is 1. The van der Waals surface area contributed by atoms with Crippen LogP contribution in [0.2, 0.25) is 0 Å². The Balaban J connectivity index is 3.31. The van der Waals surface area contributed by atoms with E-state index in [1.165, 1.54) is 17.9 Å². The second-order valence-electron chi connectivity index (χ2n) is 3.23. The Kier molecular flexibility index (Phi) is 4.06. The van der Waals surface area contributed by atoms with Crippen molar-refractivity contribution in [1.82, 2.24) is 0 Å². The zero-order chi connectivity index (χ0) is 12.3. The molecule has 0 heterocycles. The summed E-state index contributed by atoms with van der Waals surface area (Å²) in [6, 6.07) is 4.83. The van der Waals surface area contributed by atoms with E-state index < -0.39 is 5.97 Å². The van der Waals surface area contributed by atoms with Gasteiger partial charge in [0.1, 0.15) is 0 Å². The molecule has 0 aliphatic rings. The highest BCUT2D eigenvalue weighted by Crippen LogP contribution is 2.24. The van der Waals surface area contributed by atoms with Crippen molar-refractivity contribution in [3.8, 4) is 0 Å². The van der Waals surface area contributed by atoms with Crippen molar-refractivity contribution in [3.05, 3.63) is 28.2 Å². The van der Waals surface area contributed by atoms with Gasteiger partial charge in [0, 0.05) is 17.9 Å². The van der Waals surface area contributed by atoms with Crippen LogP contribution in [0.1, 0.15) is 24.2 Å². The number of halogens is 1. The minimum Gasteiger partial charge on any atom is -0.478 e. The van der Waals surface area contributed by atoms with Crippen LogP contribution < -0.4 is 4.90 Å². The summed E-state index contributed by atoms with van der Waals surface area (Å²) in [6.45, 7) is 3.66. The Bertz CT molecular complexity index is 431. The third kappa shape index (κ3) is 2.61. The molecule has 1 amide bonds. The van der Waals surface area contributed by atoms with E-state index in [1.54, 1.807) is 19.1 Å². The Morgan fingerprint density at radius 3 is 2.50 bits per heavy atom. The van der Waals surface area contributed by atoms with Crippen molar-refractivity contribution in [1.29, 1.82) is 0 Å². The average molecular weight is 286 g/mol. The van der Waals surface area contributed by atoms with Gasteiger partial charge in [0.15, 0.2) is 0 Å². The van der Waals surface area contributed by atoms with E-state index in [0.717, 1.165) is 0 Å². The molecule has 0 aromatic heterocycles. The maximum atomic E-state index is 11.4. The molecule has 0 saturated heterocycles. The van der Waals surface area contributed by atoms with Crippen LogP contribution in [0.15, 0.2) is 22.7 Å². The van der Waals surface area contributed by atoms with Gasteiger partial charge in [-0.25, -0.2) is 4.79 Å². The monoisotopic (exact) mass is 285 g/mol. The second kappa shape index (κ2) is 5.12. The maximum absolute atomic E-state index is 11.4. The average Bonchev–Trinajstić information content (AvgIpc) is 2.20. The molecule has 16 heavy (non-hydrogen) atoms. The van der Waals surface area contributed by atoms with Crippen LogP contribution in [0.4, 0.5) is 5.69 Å². The lowest BCUT2D eigenvalue weighted by molar-refractivity contribution is -0.116. The van der Waals surface area contributed by atoms with Gasteiger partial charge >= 0.3 is 5.97 Å². The summed E-state index contributed by atoms with van der Waals surface area (Å²) in [4.78, 5) is 23.8. The normalized spacial score (nSPS) is 9.94. The van der Waals surface area contributed by atoms with Gasteiger partial charge in [-0.05, 0) is 25.1 Å². The Hall–Kier alpha value is -1.36. The van der Waals surface area contributed by atoms with E-state index in [1.807, 2.05) is 0 Å². The first-order valence-electron chi connectivity index (χ1n) is 4.78. The summed E-state index contributed by atoms with van der Waals surface area (Å²) in [7, 11) is 0. The van der Waals surface area contributed by atoms with Crippen molar-refractivity contribution >= 4 is 33.5 Å². The largest absolute Gasteiger partial charge is 0.478 e. The van der Waals surface area contributed by atoms with Gasteiger partial charge in [0.2, 0.25) is 5.91 Å². The van der Waals surface area contributed by atoms with Crippen LogP contribution in [0, 0.1) is 0 Å². The van der Waals surface area contributed by atoms with Crippen LogP contribution in [0.5, 0.6) is 0 Å². The SMILES string of the molecule is CCN(C(C)=O)c1ccc(Br)cc1C(=O)O. The number of carbonyl (C=O) groups excluding carboxylic acids is 1. The van der Waals surface area contributed by atoms with E-state index in [2.05, 4.69) is 15.9 Å². The summed E-state index contributed by atoms with van der Waals surface area (Å²) in [5, 5.41) is 9.06. The molecule has 0 aliphatic heterocycles. The van der Waals surface area contributed by atoms with E-state index >= 15 is 0 Å². The number of benzene rings is 1. The fraction of sp³-hybridized carbons (Fsp3) is 0.273. The molecule has 1 aromatic rings. The molecule has 0 unspecified atom stereocenters. The summed E-state index contributed by atoms with van der Waals surface area (Å²) >= 11 is 3.21. The summed E-state index contributed by atoms with van der Waals surface area (Å²) in [5.74, 6) is -1.22. The van der Waals surface area contributed by atoms with Gasteiger partial charge < -0.3 is 10.0 Å². The van der Waals surface area contributed by atoms with Crippen molar-refractivity contribution in [2.75, 3.05) is 11.4 Å². The van der Waals surface area contributed by atoms with Gasteiger partial charge in [-0.2, -0.15) is 0 Å². The number of nitrogens with zero attached hydrogens (tertiary/aromatic N) is 1. The minimum absolute atomic E-state index is 0.117. The number of carbonyl (C=O) groups is 2. The van der Waals surface area contributed by atoms with Gasteiger partial charge in [-0.3, -0.25) is 4.79 Å². The van der Waals surface area contributed by atoms with Crippen molar-refractivity contribution in [2.24, 2.45) is 0 Å². The van der Waals surface area contributed by atoms with Crippen LogP contribution in [0.25, 0.3) is 0 Å². The number of anilines is 1.